The van der Waals surface area contributed by atoms with Crippen molar-refractivity contribution in [2.45, 2.75) is 11.8 Å². The molecule has 1 aliphatic rings. The Morgan fingerprint density at radius 3 is 2.50 bits per heavy atom. The molecule has 3 aromatic rings. The maximum Gasteiger partial charge on any atom is 0.248 e. The van der Waals surface area contributed by atoms with Gasteiger partial charge in [0.2, 0.25) is 15.9 Å². The molecular weight excluding hydrogens is 424 g/mol. The number of hydrogen-bond donors (Lipinski definition) is 1. The van der Waals surface area contributed by atoms with Crippen LogP contribution in [0.3, 0.4) is 0 Å². The minimum absolute atomic E-state index is 0.0244. The van der Waals surface area contributed by atoms with Gasteiger partial charge in [-0.05, 0) is 55.5 Å². The summed E-state index contributed by atoms with van der Waals surface area (Å²) in [6, 6.07) is 17.4. The molecular formula is C21H19ClN4O3S. The summed E-state index contributed by atoms with van der Waals surface area (Å²) in [4.78, 5) is 18.7. The van der Waals surface area contributed by atoms with Crippen molar-refractivity contribution in [3.8, 4) is 0 Å². The fraction of sp³-hybridized carbons (Fsp3) is 0.143. The Labute approximate surface area is 180 Å². The smallest absolute Gasteiger partial charge is 0.248 e. The molecule has 154 valence electrons. The zero-order valence-corrected chi connectivity index (χ0v) is 17.7. The quantitative estimate of drug-likeness (QED) is 0.664. The Hall–Kier alpha value is -2.94. The van der Waals surface area contributed by atoms with E-state index in [4.69, 9.17) is 11.6 Å². The van der Waals surface area contributed by atoms with Gasteiger partial charge in [-0.1, -0.05) is 29.3 Å². The van der Waals surface area contributed by atoms with Crippen molar-refractivity contribution in [3.05, 3.63) is 77.4 Å². The standard InChI is InChI=1S/C21H19ClN4O3S/c1-15-4-10-18(11-5-15)26-14-25(30(28,29)19-3-2-12-23-21(19)26)13-20(27)24-17-8-6-16(22)7-9-17/h2-12H,13-14H2,1H3,(H,24,27). The minimum Gasteiger partial charge on any atom is -0.325 e. The monoisotopic (exact) mass is 442 g/mol. The van der Waals surface area contributed by atoms with E-state index >= 15 is 0 Å². The first-order valence-corrected chi connectivity index (χ1v) is 11.0. The van der Waals surface area contributed by atoms with Gasteiger partial charge in [-0.25, -0.2) is 13.4 Å². The molecule has 30 heavy (non-hydrogen) atoms. The number of aromatic nitrogens is 1. The van der Waals surface area contributed by atoms with Crippen molar-refractivity contribution in [2.75, 3.05) is 23.4 Å². The average molecular weight is 443 g/mol. The summed E-state index contributed by atoms with van der Waals surface area (Å²) >= 11 is 5.86. The predicted octanol–water partition coefficient (Wildman–Crippen LogP) is 3.78. The summed E-state index contributed by atoms with van der Waals surface area (Å²) in [5, 5.41) is 3.25. The number of aryl methyl sites for hydroxylation is 1. The van der Waals surface area contributed by atoms with E-state index < -0.39 is 15.9 Å². The number of carbonyl (C=O) groups is 1. The van der Waals surface area contributed by atoms with E-state index in [0.29, 0.717) is 16.5 Å². The van der Waals surface area contributed by atoms with Crippen LogP contribution in [-0.2, 0) is 14.8 Å². The third-order valence-corrected chi connectivity index (χ3v) is 6.77. The fourth-order valence-electron chi connectivity index (χ4n) is 3.18. The van der Waals surface area contributed by atoms with Crippen LogP contribution in [0.5, 0.6) is 0 Å². The lowest BCUT2D eigenvalue weighted by Crippen LogP contribution is -2.47. The van der Waals surface area contributed by atoms with Gasteiger partial charge in [0.05, 0.1) is 13.2 Å². The van der Waals surface area contributed by atoms with E-state index in [0.717, 1.165) is 15.6 Å². The number of rotatable bonds is 4. The lowest BCUT2D eigenvalue weighted by Gasteiger charge is -2.36. The molecule has 0 unspecified atom stereocenters. The second-order valence-corrected chi connectivity index (χ2v) is 9.24. The second kappa shape index (κ2) is 8.06. The van der Waals surface area contributed by atoms with E-state index in [-0.39, 0.29) is 18.1 Å². The SMILES string of the molecule is Cc1ccc(N2CN(CC(=O)Nc3ccc(Cl)cc3)S(=O)(=O)c3cccnc32)cc1. The van der Waals surface area contributed by atoms with Gasteiger partial charge in [0.1, 0.15) is 4.90 Å². The van der Waals surface area contributed by atoms with E-state index in [1.54, 1.807) is 41.4 Å². The normalized spacial score (nSPS) is 15.5. The Balaban J connectivity index is 1.64. The molecule has 2 heterocycles. The first-order valence-electron chi connectivity index (χ1n) is 9.19. The predicted molar refractivity (Wildman–Crippen MR) is 116 cm³/mol. The molecule has 1 aliphatic heterocycles. The molecule has 7 nitrogen and oxygen atoms in total. The van der Waals surface area contributed by atoms with Gasteiger partial charge in [-0.2, -0.15) is 4.31 Å². The molecule has 0 atom stereocenters. The highest BCUT2D eigenvalue weighted by atomic mass is 35.5. The molecule has 0 aliphatic carbocycles. The summed E-state index contributed by atoms with van der Waals surface area (Å²) in [6.45, 7) is 1.62. The van der Waals surface area contributed by atoms with Gasteiger partial charge in [-0.15, -0.1) is 0 Å². The fourth-order valence-corrected chi connectivity index (χ4v) is 4.79. The average Bonchev–Trinajstić information content (AvgIpc) is 2.73. The molecule has 0 spiro atoms. The van der Waals surface area contributed by atoms with Gasteiger partial charge in [0, 0.05) is 22.6 Å². The number of halogens is 1. The molecule has 4 rings (SSSR count). The van der Waals surface area contributed by atoms with Crippen LogP contribution >= 0.6 is 11.6 Å². The van der Waals surface area contributed by atoms with Crippen molar-refractivity contribution in [2.24, 2.45) is 0 Å². The van der Waals surface area contributed by atoms with Crippen molar-refractivity contribution in [1.82, 2.24) is 9.29 Å². The Bertz CT molecular complexity index is 1180. The van der Waals surface area contributed by atoms with Gasteiger partial charge in [0.25, 0.3) is 0 Å². The Morgan fingerprint density at radius 2 is 1.80 bits per heavy atom. The van der Waals surface area contributed by atoms with Crippen LogP contribution in [0, 0.1) is 6.92 Å². The lowest BCUT2D eigenvalue weighted by atomic mass is 10.2. The maximum absolute atomic E-state index is 13.1. The third-order valence-electron chi connectivity index (χ3n) is 4.72. The Kier molecular flexibility index (Phi) is 5.46. The Morgan fingerprint density at radius 1 is 1.10 bits per heavy atom. The number of nitrogens with one attached hydrogen (secondary N) is 1. The van der Waals surface area contributed by atoms with Crippen LogP contribution in [0.25, 0.3) is 0 Å². The molecule has 1 aromatic heterocycles. The number of fused-ring (bicyclic) bond motifs is 1. The van der Waals surface area contributed by atoms with E-state index in [1.165, 1.54) is 6.07 Å². The molecule has 0 saturated carbocycles. The number of amides is 1. The van der Waals surface area contributed by atoms with Crippen molar-refractivity contribution in [1.29, 1.82) is 0 Å². The lowest BCUT2D eigenvalue weighted by molar-refractivity contribution is -0.116. The second-order valence-electron chi connectivity index (χ2n) is 6.90. The van der Waals surface area contributed by atoms with Crippen LogP contribution < -0.4 is 10.2 Å². The summed E-state index contributed by atoms with van der Waals surface area (Å²) < 4.78 is 27.4. The highest BCUT2D eigenvalue weighted by molar-refractivity contribution is 7.89. The summed E-state index contributed by atoms with van der Waals surface area (Å²) in [7, 11) is -3.88. The summed E-state index contributed by atoms with van der Waals surface area (Å²) in [5.74, 6) is -0.104. The van der Waals surface area contributed by atoms with Crippen LogP contribution in [0.2, 0.25) is 5.02 Å². The van der Waals surface area contributed by atoms with Gasteiger partial charge in [-0.3, -0.25) is 4.79 Å². The number of benzene rings is 2. The molecule has 0 radical (unpaired) electrons. The highest BCUT2D eigenvalue weighted by Crippen LogP contribution is 2.36. The topological polar surface area (TPSA) is 82.6 Å². The van der Waals surface area contributed by atoms with Crippen molar-refractivity contribution < 1.29 is 13.2 Å². The first kappa shape index (κ1) is 20.3. The molecule has 0 saturated heterocycles. The van der Waals surface area contributed by atoms with Crippen molar-refractivity contribution in [3.63, 3.8) is 0 Å². The van der Waals surface area contributed by atoms with Crippen LogP contribution in [0.4, 0.5) is 17.2 Å². The molecule has 9 heteroatoms. The van der Waals surface area contributed by atoms with Gasteiger partial charge < -0.3 is 10.2 Å². The van der Waals surface area contributed by atoms with Gasteiger partial charge >= 0.3 is 0 Å². The zero-order chi connectivity index (χ0) is 21.3. The van der Waals surface area contributed by atoms with Gasteiger partial charge in [0.15, 0.2) is 5.82 Å². The van der Waals surface area contributed by atoms with Crippen LogP contribution in [0.15, 0.2) is 71.8 Å². The maximum atomic E-state index is 13.1. The number of anilines is 3. The minimum atomic E-state index is -3.88. The summed E-state index contributed by atoms with van der Waals surface area (Å²) in [5.41, 5.74) is 2.42. The first-order chi connectivity index (χ1) is 14.3. The van der Waals surface area contributed by atoms with E-state index in [1.807, 2.05) is 31.2 Å². The molecule has 1 N–H and O–H groups in total. The number of hydrogen-bond acceptors (Lipinski definition) is 5. The number of pyridine rings is 1. The molecule has 0 fully saturated rings. The number of sulfonamides is 1. The van der Waals surface area contributed by atoms with E-state index in [9.17, 15) is 13.2 Å². The van der Waals surface area contributed by atoms with Crippen LogP contribution in [0.1, 0.15) is 5.56 Å². The third kappa shape index (κ3) is 4.02. The zero-order valence-electron chi connectivity index (χ0n) is 16.1. The van der Waals surface area contributed by atoms with E-state index in [2.05, 4.69) is 10.3 Å². The highest BCUT2D eigenvalue weighted by Gasteiger charge is 2.37. The molecule has 2 aromatic carbocycles. The molecule has 0 bridgehead atoms. The largest absolute Gasteiger partial charge is 0.325 e. The van der Waals surface area contributed by atoms with Crippen LogP contribution in [-0.4, -0.2) is 36.8 Å². The number of carbonyl (C=O) groups excluding carboxylic acids is 1. The number of nitrogens with zero attached hydrogens (tertiary/aromatic N) is 3. The molecule has 1 amide bonds. The van der Waals surface area contributed by atoms with Crippen molar-refractivity contribution >= 4 is 44.7 Å². The summed E-state index contributed by atoms with van der Waals surface area (Å²) in [6.07, 6.45) is 1.55.